The molecular formula is C21H27ClN4O3. The highest BCUT2D eigenvalue weighted by Gasteiger charge is 2.14. The van der Waals surface area contributed by atoms with Crippen molar-refractivity contribution < 1.29 is 14.3 Å². The van der Waals surface area contributed by atoms with E-state index in [1.54, 1.807) is 24.9 Å². The smallest absolute Gasteiger partial charge is 0.246 e. The van der Waals surface area contributed by atoms with Crippen molar-refractivity contribution in [2.45, 2.75) is 33.4 Å². The van der Waals surface area contributed by atoms with E-state index in [9.17, 15) is 9.59 Å². The van der Waals surface area contributed by atoms with Crippen LogP contribution in [0, 0.1) is 6.92 Å². The molecule has 156 valence electrons. The number of nitrogens with zero attached hydrogens (tertiary/aromatic N) is 3. The third-order valence-corrected chi connectivity index (χ3v) is 4.57. The Morgan fingerprint density at radius 3 is 2.76 bits per heavy atom. The van der Waals surface area contributed by atoms with Gasteiger partial charge in [-0.25, -0.2) is 4.68 Å². The zero-order valence-corrected chi connectivity index (χ0v) is 18.2. The summed E-state index contributed by atoms with van der Waals surface area (Å²) < 4.78 is 6.92. The van der Waals surface area contributed by atoms with Crippen molar-refractivity contribution in [3.63, 3.8) is 0 Å². The monoisotopic (exact) mass is 418 g/mol. The highest BCUT2D eigenvalue weighted by atomic mass is 35.5. The van der Waals surface area contributed by atoms with Crippen molar-refractivity contribution in [2.75, 3.05) is 20.7 Å². The minimum atomic E-state index is -0.292. The molecule has 0 aliphatic rings. The molecule has 0 aliphatic heterocycles. The van der Waals surface area contributed by atoms with E-state index in [1.807, 2.05) is 45.0 Å². The van der Waals surface area contributed by atoms with E-state index in [-0.39, 0.29) is 24.4 Å². The lowest BCUT2D eigenvalue weighted by atomic mass is 10.2. The maximum Gasteiger partial charge on any atom is 0.246 e. The van der Waals surface area contributed by atoms with Gasteiger partial charge in [0.25, 0.3) is 0 Å². The molecule has 0 bridgehead atoms. The van der Waals surface area contributed by atoms with Gasteiger partial charge in [-0.15, -0.1) is 0 Å². The number of nitrogens with one attached hydrogen (secondary N) is 1. The highest BCUT2D eigenvalue weighted by Crippen LogP contribution is 2.23. The highest BCUT2D eigenvalue weighted by molar-refractivity contribution is 6.31. The van der Waals surface area contributed by atoms with Gasteiger partial charge in [0.2, 0.25) is 11.8 Å². The number of aryl methyl sites for hydroxylation is 1. The molecule has 0 atom stereocenters. The van der Waals surface area contributed by atoms with Crippen molar-refractivity contribution >= 4 is 29.5 Å². The molecule has 0 saturated carbocycles. The van der Waals surface area contributed by atoms with E-state index in [0.717, 1.165) is 11.3 Å². The largest absolute Gasteiger partial charge is 0.497 e. The second-order valence-corrected chi connectivity index (χ2v) is 7.41. The summed E-state index contributed by atoms with van der Waals surface area (Å²) in [6, 6.07) is 7.69. The maximum absolute atomic E-state index is 12.3. The van der Waals surface area contributed by atoms with Crippen molar-refractivity contribution in [1.82, 2.24) is 20.0 Å². The number of likely N-dealkylation sites (N-methyl/N-ethyl adjacent to an activating group) is 1. The van der Waals surface area contributed by atoms with Crippen LogP contribution in [-0.2, 0) is 16.1 Å². The SMILES string of the molecule is COc1cccc(Cn2nc(C)c(/C=C/C(=O)N(C)CC(=O)NC(C)C)c2Cl)c1. The summed E-state index contributed by atoms with van der Waals surface area (Å²) in [7, 11) is 3.20. The Labute approximate surface area is 176 Å². The fourth-order valence-electron chi connectivity index (χ4n) is 2.75. The number of carbonyl (C=O) groups is 2. The Kier molecular flexibility index (Phi) is 7.84. The van der Waals surface area contributed by atoms with Crippen LogP contribution in [0.4, 0.5) is 0 Å². The lowest BCUT2D eigenvalue weighted by molar-refractivity contribution is -0.131. The summed E-state index contributed by atoms with van der Waals surface area (Å²) in [6.07, 6.45) is 3.03. The molecular weight excluding hydrogens is 392 g/mol. The lowest BCUT2D eigenvalue weighted by Gasteiger charge is -2.16. The summed E-state index contributed by atoms with van der Waals surface area (Å²) in [6.45, 7) is 6.04. The van der Waals surface area contributed by atoms with Gasteiger partial charge in [0.05, 0.1) is 25.9 Å². The van der Waals surface area contributed by atoms with Crippen molar-refractivity contribution in [3.05, 3.63) is 52.3 Å². The number of hydrogen-bond donors (Lipinski definition) is 1. The van der Waals surface area contributed by atoms with Crippen LogP contribution >= 0.6 is 11.6 Å². The standard InChI is InChI=1S/C21H27ClN4O3/c1-14(2)23-19(27)13-25(4)20(28)10-9-18-15(3)24-26(21(18)22)12-16-7-6-8-17(11-16)29-5/h6-11,14H,12-13H2,1-5H3,(H,23,27)/b10-9+. The molecule has 0 spiro atoms. The number of aromatic nitrogens is 2. The minimum absolute atomic E-state index is 0.0107. The first-order chi connectivity index (χ1) is 13.7. The van der Waals surface area contributed by atoms with Crippen LogP contribution in [0.25, 0.3) is 6.08 Å². The number of hydrogen-bond acceptors (Lipinski definition) is 4. The molecule has 2 rings (SSSR count). The number of halogens is 1. The molecule has 1 N–H and O–H groups in total. The van der Waals surface area contributed by atoms with Gasteiger partial charge in [0.1, 0.15) is 10.9 Å². The Balaban J connectivity index is 2.09. The number of methoxy groups -OCH3 is 1. The zero-order chi connectivity index (χ0) is 21.6. The molecule has 2 aromatic rings. The molecule has 7 nitrogen and oxygen atoms in total. The molecule has 1 aromatic carbocycles. The molecule has 0 aliphatic carbocycles. The Morgan fingerprint density at radius 1 is 1.38 bits per heavy atom. The first-order valence-corrected chi connectivity index (χ1v) is 9.67. The van der Waals surface area contributed by atoms with Gasteiger partial charge in [0.15, 0.2) is 0 Å². The molecule has 0 unspecified atom stereocenters. The van der Waals surface area contributed by atoms with Crippen LogP contribution in [-0.4, -0.2) is 53.2 Å². The van der Waals surface area contributed by atoms with E-state index < -0.39 is 0 Å². The topological polar surface area (TPSA) is 76.5 Å². The second kappa shape index (κ2) is 10.1. The average Bonchev–Trinajstić information content (AvgIpc) is 2.92. The summed E-state index contributed by atoms with van der Waals surface area (Å²) in [5.41, 5.74) is 2.38. The van der Waals surface area contributed by atoms with Crippen LogP contribution in [0.1, 0.15) is 30.7 Å². The molecule has 0 radical (unpaired) electrons. The third-order valence-electron chi connectivity index (χ3n) is 4.18. The number of ether oxygens (including phenoxy) is 1. The van der Waals surface area contributed by atoms with Crippen LogP contribution in [0.3, 0.4) is 0 Å². The number of rotatable bonds is 8. The van der Waals surface area contributed by atoms with Gasteiger partial charge >= 0.3 is 0 Å². The summed E-state index contributed by atoms with van der Waals surface area (Å²) in [5, 5.41) is 7.66. The van der Waals surface area contributed by atoms with Gasteiger partial charge in [0, 0.05) is 24.7 Å². The third kappa shape index (κ3) is 6.35. The quantitative estimate of drug-likeness (QED) is 0.669. The van der Waals surface area contributed by atoms with Crippen molar-refractivity contribution in [2.24, 2.45) is 0 Å². The van der Waals surface area contributed by atoms with Gasteiger partial charge < -0.3 is 15.0 Å². The normalized spacial score (nSPS) is 11.1. The van der Waals surface area contributed by atoms with E-state index in [1.165, 1.54) is 11.0 Å². The van der Waals surface area contributed by atoms with Crippen molar-refractivity contribution in [3.8, 4) is 5.75 Å². The van der Waals surface area contributed by atoms with E-state index in [0.29, 0.717) is 23.0 Å². The molecule has 1 aromatic heterocycles. The first-order valence-electron chi connectivity index (χ1n) is 9.29. The van der Waals surface area contributed by atoms with Gasteiger partial charge in [-0.1, -0.05) is 23.7 Å². The summed E-state index contributed by atoms with van der Waals surface area (Å²) in [4.78, 5) is 25.4. The van der Waals surface area contributed by atoms with Gasteiger partial charge in [-0.2, -0.15) is 5.10 Å². The second-order valence-electron chi connectivity index (χ2n) is 7.05. The molecule has 8 heteroatoms. The van der Waals surface area contributed by atoms with Gasteiger partial charge in [-0.05, 0) is 44.5 Å². The van der Waals surface area contributed by atoms with Crippen LogP contribution in [0.15, 0.2) is 30.3 Å². The Morgan fingerprint density at radius 2 is 2.10 bits per heavy atom. The van der Waals surface area contributed by atoms with E-state index in [4.69, 9.17) is 16.3 Å². The number of benzene rings is 1. The summed E-state index contributed by atoms with van der Waals surface area (Å²) in [5.74, 6) is 0.266. The minimum Gasteiger partial charge on any atom is -0.497 e. The number of amides is 2. The predicted octanol–water partition coefficient (Wildman–Crippen LogP) is 2.90. The molecule has 1 heterocycles. The average molecular weight is 419 g/mol. The molecule has 29 heavy (non-hydrogen) atoms. The molecule has 0 saturated heterocycles. The predicted molar refractivity (Wildman–Crippen MR) is 114 cm³/mol. The zero-order valence-electron chi connectivity index (χ0n) is 17.4. The van der Waals surface area contributed by atoms with Gasteiger partial charge in [-0.3, -0.25) is 9.59 Å². The van der Waals surface area contributed by atoms with Crippen LogP contribution in [0.2, 0.25) is 5.15 Å². The molecule has 0 fully saturated rings. The maximum atomic E-state index is 12.3. The first kappa shape index (κ1) is 22.5. The van der Waals surface area contributed by atoms with E-state index in [2.05, 4.69) is 10.4 Å². The summed E-state index contributed by atoms with van der Waals surface area (Å²) >= 11 is 6.49. The fourth-order valence-corrected chi connectivity index (χ4v) is 3.05. The lowest BCUT2D eigenvalue weighted by Crippen LogP contribution is -2.40. The Bertz CT molecular complexity index is 905. The molecule has 2 amide bonds. The Hall–Kier alpha value is -2.80. The fraction of sp³-hybridized carbons (Fsp3) is 0.381. The van der Waals surface area contributed by atoms with Crippen molar-refractivity contribution in [1.29, 1.82) is 0 Å². The van der Waals surface area contributed by atoms with Crippen LogP contribution in [0.5, 0.6) is 5.75 Å². The van der Waals surface area contributed by atoms with E-state index >= 15 is 0 Å². The number of carbonyl (C=O) groups excluding carboxylic acids is 2. The van der Waals surface area contributed by atoms with Crippen LogP contribution < -0.4 is 10.1 Å².